The maximum absolute atomic E-state index is 12.4. The summed E-state index contributed by atoms with van der Waals surface area (Å²) in [5, 5.41) is 3.02. The van der Waals surface area contributed by atoms with Gasteiger partial charge in [-0.2, -0.15) is 0 Å². The number of thiophene rings is 1. The molecule has 0 fully saturated rings. The van der Waals surface area contributed by atoms with Gasteiger partial charge in [0.2, 0.25) is 0 Å². The van der Waals surface area contributed by atoms with E-state index in [1.165, 1.54) is 10.4 Å². The highest BCUT2D eigenvalue weighted by atomic mass is 32.1. The van der Waals surface area contributed by atoms with Crippen LogP contribution in [0.4, 0.5) is 0 Å². The van der Waals surface area contributed by atoms with Crippen molar-refractivity contribution in [1.82, 2.24) is 15.3 Å². The Morgan fingerprint density at radius 1 is 1.41 bits per heavy atom. The predicted octanol–water partition coefficient (Wildman–Crippen LogP) is 3.99. The van der Waals surface area contributed by atoms with E-state index in [-0.39, 0.29) is 11.9 Å². The molecule has 2 aromatic heterocycles. The van der Waals surface area contributed by atoms with Crippen LogP contribution in [0.1, 0.15) is 45.8 Å². The number of fused-ring (bicyclic) bond motifs is 1. The number of benzene rings is 1. The zero-order valence-electron chi connectivity index (χ0n) is 12.9. The molecule has 1 atom stereocenters. The van der Waals surface area contributed by atoms with Gasteiger partial charge in [0.25, 0.3) is 5.91 Å². The van der Waals surface area contributed by atoms with Crippen LogP contribution in [0.25, 0.3) is 11.0 Å². The third-order valence-electron chi connectivity index (χ3n) is 3.73. The van der Waals surface area contributed by atoms with Crippen LogP contribution in [0.3, 0.4) is 0 Å². The summed E-state index contributed by atoms with van der Waals surface area (Å²) < 4.78 is 0. The lowest BCUT2D eigenvalue weighted by Crippen LogP contribution is -2.26. The van der Waals surface area contributed by atoms with Gasteiger partial charge in [0, 0.05) is 4.88 Å². The first-order valence-corrected chi connectivity index (χ1v) is 8.25. The molecule has 0 aliphatic rings. The smallest absolute Gasteiger partial charge is 0.261 e. The Bertz CT molecular complexity index is 785. The first kappa shape index (κ1) is 14.8. The first-order chi connectivity index (χ1) is 10.6. The van der Waals surface area contributed by atoms with Crippen molar-refractivity contribution in [3.8, 4) is 0 Å². The van der Waals surface area contributed by atoms with Crippen LogP contribution in [0.15, 0.2) is 30.3 Å². The normalized spacial score (nSPS) is 12.5. The van der Waals surface area contributed by atoms with Crippen molar-refractivity contribution in [2.45, 2.75) is 33.2 Å². The quantitative estimate of drug-likeness (QED) is 0.765. The lowest BCUT2D eigenvalue weighted by Gasteiger charge is -2.10. The number of carbonyl (C=O) groups is 1. The van der Waals surface area contributed by atoms with Crippen LogP contribution < -0.4 is 5.32 Å². The number of carbonyl (C=O) groups excluding carboxylic acids is 1. The molecule has 4 nitrogen and oxygen atoms in total. The molecule has 0 saturated heterocycles. The molecular formula is C17H19N3OS. The second-order valence-electron chi connectivity index (χ2n) is 5.40. The van der Waals surface area contributed by atoms with E-state index in [0.29, 0.717) is 0 Å². The van der Waals surface area contributed by atoms with Crippen molar-refractivity contribution in [3.63, 3.8) is 0 Å². The monoisotopic (exact) mass is 313 g/mol. The zero-order chi connectivity index (χ0) is 15.7. The minimum absolute atomic E-state index is 0.0410. The minimum Gasteiger partial charge on any atom is -0.342 e. The molecular weight excluding hydrogens is 294 g/mol. The van der Waals surface area contributed by atoms with Crippen molar-refractivity contribution in [1.29, 1.82) is 0 Å². The Balaban J connectivity index is 1.77. The molecule has 1 amide bonds. The first-order valence-electron chi connectivity index (χ1n) is 7.43. The Morgan fingerprint density at radius 3 is 2.86 bits per heavy atom. The summed E-state index contributed by atoms with van der Waals surface area (Å²) in [6.45, 7) is 6.10. The van der Waals surface area contributed by atoms with Gasteiger partial charge in [-0.1, -0.05) is 19.1 Å². The number of aromatic nitrogens is 2. The topological polar surface area (TPSA) is 57.8 Å². The average Bonchev–Trinajstić information content (AvgIpc) is 3.10. The summed E-state index contributed by atoms with van der Waals surface area (Å²) in [6, 6.07) is 9.67. The van der Waals surface area contributed by atoms with Gasteiger partial charge < -0.3 is 10.3 Å². The number of para-hydroxylation sites is 2. The third-order valence-corrected chi connectivity index (χ3v) is 5.11. The molecule has 1 aromatic carbocycles. The molecule has 0 saturated carbocycles. The predicted molar refractivity (Wildman–Crippen MR) is 90.4 cm³/mol. The van der Waals surface area contributed by atoms with Gasteiger partial charge in [-0.3, -0.25) is 4.79 Å². The molecule has 114 valence electrons. The Labute approximate surface area is 133 Å². The lowest BCUT2D eigenvalue weighted by atomic mass is 10.2. The molecule has 2 heterocycles. The van der Waals surface area contributed by atoms with Crippen LogP contribution in [0.2, 0.25) is 0 Å². The van der Waals surface area contributed by atoms with E-state index in [2.05, 4.69) is 29.1 Å². The molecule has 3 rings (SSSR count). The van der Waals surface area contributed by atoms with Gasteiger partial charge >= 0.3 is 0 Å². The molecule has 5 heteroatoms. The van der Waals surface area contributed by atoms with Crippen LogP contribution in [0, 0.1) is 6.92 Å². The molecule has 0 aliphatic heterocycles. The number of rotatable bonds is 4. The largest absolute Gasteiger partial charge is 0.342 e. The highest BCUT2D eigenvalue weighted by Crippen LogP contribution is 2.23. The number of aryl methyl sites for hydroxylation is 2. The maximum atomic E-state index is 12.4. The number of aromatic amines is 1. The number of nitrogens with one attached hydrogen (secondary N) is 2. The van der Waals surface area contributed by atoms with Crippen LogP contribution in [-0.4, -0.2) is 15.9 Å². The summed E-state index contributed by atoms with van der Waals surface area (Å²) in [5.41, 5.74) is 3.09. The Kier molecular flexibility index (Phi) is 3.98. The van der Waals surface area contributed by atoms with Gasteiger partial charge in [-0.25, -0.2) is 4.98 Å². The van der Waals surface area contributed by atoms with Gasteiger partial charge in [0.1, 0.15) is 5.82 Å². The van der Waals surface area contributed by atoms with E-state index < -0.39 is 0 Å². The molecule has 0 spiro atoms. The van der Waals surface area contributed by atoms with Gasteiger partial charge in [-0.05, 0) is 44.0 Å². The highest BCUT2D eigenvalue weighted by molar-refractivity contribution is 7.14. The fourth-order valence-corrected chi connectivity index (χ4v) is 3.51. The molecule has 3 aromatic rings. The van der Waals surface area contributed by atoms with Crippen molar-refractivity contribution in [3.05, 3.63) is 51.5 Å². The molecule has 0 unspecified atom stereocenters. The maximum Gasteiger partial charge on any atom is 0.261 e. The van der Waals surface area contributed by atoms with Crippen LogP contribution in [-0.2, 0) is 6.42 Å². The second kappa shape index (κ2) is 5.93. The van der Waals surface area contributed by atoms with E-state index in [1.807, 2.05) is 37.3 Å². The Morgan fingerprint density at radius 2 is 2.18 bits per heavy atom. The van der Waals surface area contributed by atoms with E-state index in [9.17, 15) is 4.79 Å². The fraction of sp³-hybridized carbons (Fsp3) is 0.294. The highest BCUT2D eigenvalue weighted by Gasteiger charge is 2.17. The SMILES string of the molecule is CCc1sc(C(=O)N[C@@H](C)c2nc3ccccc3[nH]2)cc1C. The van der Waals surface area contributed by atoms with Crippen LogP contribution in [0.5, 0.6) is 0 Å². The molecule has 22 heavy (non-hydrogen) atoms. The molecule has 0 bridgehead atoms. The summed E-state index contributed by atoms with van der Waals surface area (Å²) in [5.74, 6) is 0.735. The van der Waals surface area contributed by atoms with E-state index in [4.69, 9.17) is 0 Å². The summed E-state index contributed by atoms with van der Waals surface area (Å²) in [7, 11) is 0. The number of imidazole rings is 1. The summed E-state index contributed by atoms with van der Waals surface area (Å²) in [4.78, 5) is 22.2. The molecule has 0 radical (unpaired) electrons. The number of H-pyrrole nitrogens is 1. The number of amides is 1. The number of nitrogens with zero attached hydrogens (tertiary/aromatic N) is 1. The second-order valence-corrected chi connectivity index (χ2v) is 6.54. The third kappa shape index (κ3) is 2.76. The van der Waals surface area contributed by atoms with E-state index >= 15 is 0 Å². The van der Waals surface area contributed by atoms with E-state index in [1.54, 1.807) is 11.3 Å². The minimum atomic E-state index is -0.160. The number of hydrogen-bond acceptors (Lipinski definition) is 3. The Hall–Kier alpha value is -2.14. The van der Waals surface area contributed by atoms with Crippen molar-refractivity contribution < 1.29 is 4.79 Å². The van der Waals surface area contributed by atoms with E-state index in [0.717, 1.165) is 28.2 Å². The van der Waals surface area contributed by atoms with Crippen LogP contribution >= 0.6 is 11.3 Å². The fourth-order valence-electron chi connectivity index (χ4n) is 2.50. The molecule has 0 aliphatic carbocycles. The van der Waals surface area contributed by atoms with Gasteiger partial charge in [0.05, 0.1) is 22.0 Å². The zero-order valence-corrected chi connectivity index (χ0v) is 13.8. The van der Waals surface area contributed by atoms with Gasteiger partial charge in [0.15, 0.2) is 0 Å². The summed E-state index contributed by atoms with van der Waals surface area (Å²) in [6.07, 6.45) is 0.961. The number of hydrogen-bond donors (Lipinski definition) is 2. The molecule has 2 N–H and O–H groups in total. The van der Waals surface area contributed by atoms with Crippen molar-refractivity contribution in [2.24, 2.45) is 0 Å². The average molecular weight is 313 g/mol. The lowest BCUT2D eigenvalue weighted by molar-refractivity contribution is 0.0942. The van der Waals surface area contributed by atoms with Crippen molar-refractivity contribution >= 4 is 28.3 Å². The summed E-state index contributed by atoms with van der Waals surface area (Å²) >= 11 is 1.57. The standard InChI is InChI=1S/C17H19N3OS/c1-4-14-10(2)9-15(22-14)17(21)18-11(3)16-19-12-7-5-6-8-13(12)20-16/h5-9,11H,4H2,1-3H3,(H,18,21)(H,19,20)/t11-/m0/s1. The van der Waals surface area contributed by atoms with Crippen molar-refractivity contribution in [2.75, 3.05) is 0 Å². The van der Waals surface area contributed by atoms with Gasteiger partial charge in [-0.15, -0.1) is 11.3 Å².